The number of carbonyl (C=O) groups excluding carboxylic acids is 1. The normalized spacial score (nSPS) is 12.4. The molecule has 0 bridgehead atoms. The summed E-state index contributed by atoms with van der Waals surface area (Å²) in [7, 11) is 1.59. The number of ether oxygens (including phenoxy) is 2. The Bertz CT molecular complexity index is 1260. The lowest BCUT2D eigenvalue weighted by Crippen LogP contribution is -2.08. The van der Waals surface area contributed by atoms with E-state index in [2.05, 4.69) is 5.32 Å². The molecule has 32 heavy (non-hydrogen) atoms. The van der Waals surface area contributed by atoms with Crippen molar-refractivity contribution < 1.29 is 18.7 Å². The highest BCUT2D eigenvalue weighted by atomic mass is 16.5. The van der Waals surface area contributed by atoms with Gasteiger partial charge in [-0.3, -0.25) is 4.79 Å². The van der Waals surface area contributed by atoms with E-state index in [9.17, 15) is 4.79 Å². The maximum absolute atomic E-state index is 12.5. The molecule has 0 saturated heterocycles. The van der Waals surface area contributed by atoms with E-state index < -0.39 is 0 Å². The minimum atomic E-state index is -0.245. The van der Waals surface area contributed by atoms with Gasteiger partial charge in [-0.05, 0) is 49.2 Å². The van der Waals surface area contributed by atoms with Crippen molar-refractivity contribution in [2.75, 3.05) is 12.4 Å². The van der Waals surface area contributed by atoms with E-state index in [4.69, 9.17) is 13.9 Å². The highest BCUT2D eigenvalue weighted by Gasteiger charge is 2.14. The summed E-state index contributed by atoms with van der Waals surface area (Å²) in [5.41, 5.74) is 3.12. The second-order valence-electron chi connectivity index (χ2n) is 7.50. The van der Waals surface area contributed by atoms with E-state index >= 15 is 0 Å². The average molecular weight is 428 g/mol. The molecule has 1 heterocycles. The molecule has 1 aromatic heterocycles. The van der Waals surface area contributed by atoms with Crippen LogP contribution >= 0.6 is 0 Å². The Balaban J connectivity index is 1.54. The van der Waals surface area contributed by atoms with Crippen molar-refractivity contribution in [1.82, 2.24) is 0 Å². The molecule has 0 saturated carbocycles. The number of hydrogen-bond acceptors (Lipinski definition) is 4. The van der Waals surface area contributed by atoms with Crippen LogP contribution < -0.4 is 14.8 Å². The Morgan fingerprint density at radius 1 is 1.00 bits per heavy atom. The standard InChI is InChI=1S/C27H25NO4/c1-18(15-26(29)28-22-12-8-13-23(17-22)30-3)25-16-21-11-7-14-24(27(21)32-25)31-19(2)20-9-5-4-6-10-20/h4-17,19H,1-3H3,(H,28,29)/b18-15+. The second-order valence-corrected chi connectivity index (χ2v) is 7.50. The van der Waals surface area contributed by atoms with E-state index in [0.29, 0.717) is 34.1 Å². The largest absolute Gasteiger partial charge is 0.497 e. The number of nitrogens with one attached hydrogen (secondary N) is 1. The Morgan fingerprint density at radius 3 is 2.56 bits per heavy atom. The van der Waals surface area contributed by atoms with Gasteiger partial charge >= 0.3 is 0 Å². The minimum Gasteiger partial charge on any atom is -0.497 e. The average Bonchev–Trinajstić information content (AvgIpc) is 3.25. The maximum Gasteiger partial charge on any atom is 0.248 e. The van der Waals surface area contributed by atoms with Gasteiger partial charge in [0.15, 0.2) is 11.3 Å². The second kappa shape index (κ2) is 9.43. The van der Waals surface area contributed by atoms with Crippen molar-refractivity contribution in [1.29, 1.82) is 0 Å². The summed E-state index contributed by atoms with van der Waals surface area (Å²) < 4.78 is 17.5. The number of benzene rings is 3. The monoisotopic (exact) mass is 427 g/mol. The zero-order chi connectivity index (χ0) is 22.5. The minimum absolute atomic E-state index is 0.124. The zero-order valence-corrected chi connectivity index (χ0v) is 18.3. The van der Waals surface area contributed by atoms with Crippen LogP contribution in [0.5, 0.6) is 11.5 Å². The first-order chi connectivity index (χ1) is 15.5. The zero-order valence-electron chi connectivity index (χ0n) is 18.3. The third-order valence-corrected chi connectivity index (χ3v) is 5.15. The molecular weight excluding hydrogens is 402 g/mol. The molecule has 0 aliphatic carbocycles. The Kier molecular flexibility index (Phi) is 6.26. The van der Waals surface area contributed by atoms with Crippen LogP contribution in [-0.2, 0) is 4.79 Å². The fourth-order valence-electron chi connectivity index (χ4n) is 3.45. The molecule has 0 aliphatic rings. The van der Waals surface area contributed by atoms with Crippen LogP contribution in [-0.4, -0.2) is 13.0 Å². The van der Waals surface area contributed by atoms with Crippen LogP contribution in [0.2, 0.25) is 0 Å². The van der Waals surface area contributed by atoms with E-state index in [-0.39, 0.29) is 12.0 Å². The molecule has 5 nitrogen and oxygen atoms in total. The molecule has 0 spiro atoms. The van der Waals surface area contributed by atoms with Crippen LogP contribution in [0.4, 0.5) is 5.69 Å². The molecule has 5 heteroatoms. The quantitative estimate of drug-likeness (QED) is 0.337. The van der Waals surface area contributed by atoms with Crippen LogP contribution in [0, 0.1) is 0 Å². The van der Waals surface area contributed by atoms with Gasteiger partial charge in [-0.1, -0.05) is 48.5 Å². The molecule has 1 atom stereocenters. The first-order valence-electron chi connectivity index (χ1n) is 10.4. The lowest BCUT2D eigenvalue weighted by molar-refractivity contribution is -0.111. The SMILES string of the molecule is COc1cccc(NC(=O)/C=C(\C)c2cc3cccc(OC(C)c4ccccc4)c3o2)c1. The summed E-state index contributed by atoms with van der Waals surface area (Å²) in [6.45, 7) is 3.85. The molecule has 1 amide bonds. The highest BCUT2D eigenvalue weighted by Crippen LogP contribution is 2.34. The van der Waals surface area contributed by atoms with Gasteiger partial charge in [-0.15, -0.1) is 0 Å². The number of furan rings is 1. The fraction of sp³-hybridized carbons (Fsp3) is 0.148. The van der Waals surface area contributed by atoms with Crippen molar-refractivity contribution in [3.05, 3.63) is 96.3 Å². The molecular formula is C27H25NO4. The van der Waals surface area contributed by atoms with Crippen molar-refractivity contribution in [3.63, 3.8) is 0 Å². The first kappa shape index (κ1) is 21.2. The predicted molar refractivity (Wildman–Crippen MR) is 127 cm³/mol. The molecule has 1 N–H and O–H groups in total. The number of allylic oxidation sites excluding steroid dienone is 1. The highest BCUT2D eigenvalue weighted by molar-refractivity contribution is 6.04. The fourth-order valence-corrected chi connectivity index (χ4v) is 3.45. The third-order valence-electron chi connectivity index (χ3n) is 5.15. The number of hydrogen-bond donors (Lipinski definition) is 1. The molecule has 0 aliphatic heterocycles. The summed E-state index contributed by atoms with van der Waals surface area (Å²) in [5.74, 6) is 1.71. The van der Waals surface area contributed by atoms with Gasteiger partial charge in [0, 0.05) is 23.2 Å². The van der Waals surface area contributed by atoms with Gasteiger partial charge in [0.1, 0.15) is 17.6 Å². The molecule has 4 aromatic rings. The van der Waals surface area contributed by atoms with Crippen LogP contribution in [0.1, 0.15) is 31.3 Å². The number of fused-ring (bicyclic) bond motifs is 1. The van der Waals surface area contributed by atoms with Gasteiger partial charge in [0.2, 0.25) is 5.91 Å². The van der Waals surface area contributed by atoms with Crippen LogP contribution in [0.25, 0.3) is 16.5 Å². The van der Waals surface area contributed by atoms with Crippen LogP contribution in [0.15, 0.2) is 89.4 Å². The molecule has 3 aromatic carbocycles. The number of methoxy groups -OCH3 is 1. The van der Waals surface area contributed by atoms with E-state index in [1.807, 2.05) is 86.6 Å². The van der Waals surface area contributed by atoms with Crippen LogP contribution in [0.3, 0.4) is 0 Å². The molecule has 0 fully saturated rings. The summed E-state index contributed by atoms with van der Waals surface area (Å²) >= 11 is 0. The number of rotatable bonds is 7. The van der Waals surface area contributed by atoms with E-state index in [1.165, 1.54) is 6.08 Å². The lowest BCUT2D eigenvalue weighted by atomic mass is 10.1. The molecule has 4 rings (SSSR count). The van der Waals surface area contributed by atoms with Crippen molar-refractivity contribution in [2.24, 2.45) is 0 Å². The van der Waals surface area contributed by atoms with Gasteiger partial charge < -0.3 is 19.2 Å². The van der Waals surface area contributed by atoms with Gasteiger partial charge in [-0.2, -0.15) is 0 Å². The van der Waals surface area contributed by atoms with Crippen molar-refractivity contribution >= 4 is 28.1 Å². The summed E-state index contributed by atoms with van der Waals surface area (Å²) in [5, 5.41) is 3.76. The first-order valence-corrected chi connectivity index (χ1v) is 10.4. The molecule has 0 radical (unpaired) electrons. The third kappa shape index (κ3) is 4.83. The van der Waals surface area contributed by atoms with E-state index in [0.717, 1.165) is 10.9 Å². The summed E-state index contributed by atoms with van der Waals surface area (Å²) in [6, 6.07) is 25.0. The summed E-state index contributed by atoms with van der Waals surface area (Å²) in [4.78, 5) is 12.5. The molecule has 162 valence electrons. The van der Waals surface area contributed by atoms with Gasteiger partial charge in [-0.25, -0.2) is 0 Å². The molecule has 1 unspecified atom stereocenters. The topological polar surface area (TPSA) is 60.7 Å². The lowest BCUT2D eigenvalue weighted by Gasteiger charge is -2.15. The van der Waals surface area contributed by atoms with Crippen molar-refractivity contribution in [2.45, 2.75) is 20.0 Å². The Morgan fingerprint density at radius 2 is 1.78 bits per heavy atom. The maximum atomic E-state index is 12.5. The Labute approximate surface area is 187 Å². The van der Waals surface area contributed by atoms with E-state index in [1.54, 1.807) is 13.2 Å². The van der Waals surface area contributed by atoms with Gasteiger partial charge in [0.25, 0.3) is 0 Å². The van der Waals surface area contributed by atoms with Crippen molar-refractivity contribution in [3.8, 4) is 11.5 Å². The summed E-state index contributed by atoms with van der Waals surface area (Å²) in [6.07, 6.45) is 1.39. The smallest absolute Gasteiger partial charge is 0.248 e. The van der Waals surface area contributed by atoms with Gasteiger partial charge in [0.05, 0.1) is 7.11 Å². The predicted octanol–water partition coefficient (Wildman–Crippen LogP) is 6.62. The number of para-hydroxylation sites is 1. The number of carbonyl (C=O) groups is 1. The number of amides is 1. The number of anilines is 1. The Hall–Kier alpha value is -3.99.